The van der Waals surface area contributed by atoms with Crippen LogP contribution < -0.4 is 5.46 Å². The van der Waals surface area contributed by atoms with Crippen molar-refractivity contribution in [2.75, 3.05) is 0 Å². The van der Waals surface area contributed by atoms with Crippen LogP contribution >= 0.6 is 0 Å². The average molecular weight is 282 g/mol. The van der Waals surface area contributed by atoms with E-state index in [4.69, 9.17) is 14.4 Å². The minimum atomic E-state index is -1.08. The Balaban J connectivity index is 0.000000956. The largest absolute Gasteiger partial charge is 0.498 e. The molecular formula is C13H23BN2O4. The summed E-state index contributed by atoms with van der Waals surface area (Å²) in [6.07, 6.45) is 1.62. The zero-order valence-corrected chi connectivity index (χ0v) is 13.2. The Kier molecular flexibility index (Phi) is 4.66. The number of aromatic carboxylic acids is 1. The van der Waals surface area contributed by atoms with Gasteiger partial charge in [0.25, 0.3) is 0 Å². The Morgan fingerprint density at radius 1 is 1.25 bits per heavy atom. The highest BCUT2D eigenvalue weighted by molar-refractivity contribution is 6.63. The van der Waals surface area contributed by atoms with Gasteiger partial charge in [0.05, 0.1) is 11.2 Å². The molecule has 1 aliphatic rings. The van der Waals surface area contributed by atoms with Crippen molar-refractivity contribution in [2.24, 2.45) is 7.05 Å². The van der Waals surface area contributed by atoms with Gasteiger partial charge in [-0.3, -0.25) is 4.68 Å². The smallest absolute Gasteiger partial charge is 0.476 e. The lowest BCUT2D eigenvalue weighted by atomic mass is 9.79. The van der Waals surface area contributed by atoms with Gasteiger partial charge in [-0.25, -0.2) is 4.79 Å². The van der Waals surface area contributed by atoms with Crippen LogP contribution in [0.5, 0.6) is 0 Å². The second kappa shape index (κ2) is 5.57. The van der Waals surface area contributed by atoms with Crippen LogP contribution in [0, 0.1) is 0 Å². The summed E-state index contributed by atoms with van der Waals surface area (Å²) in [5.74, 6) is -1.08. The van der Waals surface area contributed by atoms with Crippen LogP contribution in [0.4, 0.5) is 0 Å². The molecule has 6 nitrogen and oxygen atoms in total. The second-order valence-corrected chi connectivity index (χ2v) is 5.50. The van der Waals surface area contributed by atoms with Gasteiger partial charge in [-0.2, -0.15) is 5.10 Å². The van der Waals surface area contributed by atoms with Crippen molar-refractivity contribution in [2.45, 2.75) is 52.7 Å². The zero-order chi connectivity index (χ0) is 15.7. The average Bonchev–Trinajstić information content (AvgIpc) is 2.81. The predicted molar refractivity (Wildman–Crippen MR) is 77.2 cm³/mol. The molecule has 1 N–H and O–H groups in total. The van der Waals surface area contributed by atoms with Gasteiger partial charge in [0.2, 0.25) is 0 Å². The van der Waals surface area contributed by atoms with Crippen LogP contribution in [0.15, 0.2) is 6.20 Å². The summed E-state index contributed by atoms with van der Waals surface area (Å²) in [7, 11) is 0.969. The molecule has 2 heterocycles. The van der Waals surface area contributed by atoms with E-state index in [9.17, 15) is 4.79 Å². The zero-order valence-electron chi connectivity index (χ0n) is 13.2. The Morgan fingerprint density at radius 3 is 2.10 bits per heavy atom. The fourth-order valence-electron chi connectivity index (χ4n) is 1.82. The van der Waals surface area contributed by atoms with Gasteiger partial charge in [-0.05, 0) is 27.7 Å². The van der Waals surface area contributed by atoms with Crippen LogP contribution in [0.25, 0.3) is 0 Å². The Labute approximate surface area is 120 Å². The quantitative estimate of drug-likeness (QED) is 0.831. The summed E-state index contributed by atoms with van der Waals surface area (Å²) in [6.45, 7) is 11.7. The molecule has 0 saturated carbocycles. The van der Waals surface area contributed by atoms with E-state index in [0.29, 0.717) is 5.46 Å². The number of nitrogens with zero attached hydrogens (tertiary/aromatic N) is 2. The Morgan fingerprint density at radius 2 is 1.70 bits per heavy atom. The van der Waals surface area contributed by atoms with Gasteiger partial charge >= 0.3 is 13.1 Å². The first-order chi connectivity index (χ1) is 9.14. The maximum Gasteiger partial charge on any atom is 0.498 e. The molecule has 7 heteroatoms. The predicted octanol–water partition coefficient (Wildman–Crippen LogP) is 1.44. The molecule has 1 aromatic heterocycles. The number of aryl methyl sites for hydroxylation is 1. The van der Waals surface area contributed by atoms with Crippen LogP contribution in [0.1, 0.15) is 52.0 Å². The molecule has 0 amide bonds. The standard InChI is InChI=1S/C11H17BN2O4.C2H6/c1-10(2)11(3,4)18-12(17-10)7-6-14(5)13-8(7)9(15)16;1-2/h6H,1-5H3,(H,15,16);1-2H3. The number of rotatable bonds is 2. The van der Waals surface area contributed by atoms with Gasteiger partial charge in [0, 0.05) is 18.7 Å². The first-order valence-corrected chi connectivity index (χ1v) is 6.76. The summed E-state index contributed by atoms with van der Waals surface area (Å²) < 4.78 is 13.1. The van der Waals surface area contributed by atoms with Crippen LogP contribution in [0.3, 0.4) is 0 Å². The Hall–Kier alpha value is -1.34. The molecule has 0 aromatic carbocycles. The van der Waals surface area contributed by atoms with Gasteiger partial charge in [-0.15, -0.1) is 0 Å². The minimum Gasteiger partial charge on any atom is -0.476 e. The summed E-state index contributed by atoms with van der Waals surface area (Å²) in [4.78, 5) is 11.1. The molecule has 1 aliphatic heterocycles. The molecule has 1 aromatic rings. The molecule has 0 aliphatic carbocycles. The monoisotopic (exact) mass is 282 g/mol. The summed E-state index contributed by atoms with van der Waals surface area (Å²) in [6, 6.07) is 0. The molecule has 0 radical (unpaired) electrons. The molecule has 0 spiro atoms. The van der Waals surface area contributed by atoms with Crippen molar-refractivity contribution in [3.8, 4) is 0 Å². The van der Waals surface area contributed by atoms with Crippen molar-refractivity contribution in [1.29, 1.82) is 0 Å². The molecule has 2 rings (SSSR count). The van der Waals surface area contributed by atoms with E-state index in [-0.39, 0.29) is 5.69 Å². The molecule has 1 saturated heterocycles. The third-order valence-electron chi connectivity index (χ3n) is 3.57. The second-order valence-electron chi connectivity index (χ2n) is 5.50. The van der Waals surface area contributed by atoms with Crippen molar-refractivity contribution in [3.05, 3.63) is 11.9 Å². The molecule has 20 heavy (non-hydrogen) atoms. The maximum absolute atomic E-state index is 11.1. The van der Waals surface area contributed by atoms with Gasteiger partial charge in [-0.1, -0.05) is 13.8 Å². The minimum absolute atomic E-state index is 0.0315. The number of hydrogen-bond donors (Lipinski definition) is 1. The van der Waals surface area contributed by atoms with Crippen molar-refractivity contribution in [3.63, 3.8) is 0 Å². The topological polar surface area (TPSA) is 73.6 Å². The SMILES string of the molecule is CC.Cn1cc(B2OC(C)(C)C(C)(C)O2)c(C(=O)O)n1. The van der Waals surface area contributed by atoms with E-state index in [1.165, 1.54) is 4.68 Å². The number of carboxylic acids is 1. The van der Waals surface area contributed by atoms with Crippen LogP contribution in [0.2, 0.25) is 0 Å². The first-order valence-electron chi connectivity index (χ1n) is 6.76. The van der Waals surface area contributed by atoms with Gasteiger partial charge in [0.15, 0.2) is 5.69 Å². The normalized spacial score (nSPS) is 19.4. The highest BCUT2D eigenvalue weighted by Crippen LogP contribution is 2.36. The Bertz CT molecular complexity index is 481. The molecule has 0 bridgehead atoms. The number of carboxylic acid groups (broad SMARTS) is 1. The molecule has 112 valence electrons. The van der Waals surface area contributed by atoms with Crippen molar-refractivity contribution >= 4 is 18.6 Å². The van der Waals surface area contributed by atoms with E-state index in [0.717, 1.165) is 0 Å². The van der Waals surface area contributed by atoms with E-state index in [2.05, 4.69) is 5.10 Å². The van der Waals surface area contributed by atoms with Crippen LogP contribution in [-0.4, -0.2) is 39.2 Å². The molecule has 0 unspecified atom stereocenters. The fourth-order valence-corrected chi connectivity index (χ4v) is 1.82. The summed E-state index contributed by atoms with van der Waals surface area (Å²) >= 11 is 0. The molecule has 1 fully saturated rings. The third kappa shape index (κ3) is 2.88. The summed E-state index contributed by atoms with van der Waals surface area (Å²) in [5, 5.41) is 13.0. The summed E-state index contributed by atoms with van der Waals surface area (Å²) in [5.41, 5.74) is -0.577. The molecular weight excluding hydrogens is 259 g/mol. The van der Waals surface area contributed by atoms with Gasteiger partial charge < -0.3 is 14.4 Å². The van der Waals surface area contributed by atoms with E-state index in [1.54, 1.807) is 13.2 Å². The number of aromatic nitrogens is 2. The highest BCUT2D eigenvalue weighted by Gasteiger charge is 2.53. The maximum atomic E-state index is 11.1. The lowest BCUT2D eigenvalue weighted by Crippen LogP contribution is -2.41. The number of carbonyl (C=O) groups is 1. The lowest BCUT2D eigenvalue weighted by molar-refractivity contribution is 0.00578. The van der Waals surface area contributed by atoms with E-state index >= 15 is 0 Å². The lowest BCUT2D eigenvalue weighted by Gasteiger charge is -2.32. The third-order valence-corrected chi connectivity index (χ3v) is 3.57. The number of hydrogen-bond acceptors (Lipinski definition) is 4. The van der Waals surface area contributed by atoms with Crippen molar-refractivity contribution in [1.82, 2.24) is 9.78 Å². The van der Waals surface area contributed by atoms with E-state index < -0.39 is 24.3 Å². The highest BCUT2D eigenvalue weighted by atomic mass is 16.7. The van der Waals surface area contributed by atoms with Crippen molar-refractivity contribution < 1.29 is 19.2 Å². The van der Waals surface area contributed by atoms with E-state index in [1.807, 2.05) is 41.5 Å². The fraction of sp³-hybridized carbons (Fsp3) is 0.692. The first kappa shape index (κ1) is 16.7. The van der Waals surface area contributed by atoms with Gasteiger partial charge in [0.1, 0.15) is 0 Å². The van der Waals surface area contributed by atoms with Crippen LogP contribution in [-0.2, 0) is 16.4 Å². The molecule has 0 atom stereocenters.